The van der Waals surface area contributed by atoms with Crippen LogP contribution in [0.25, 0.3) is 10.4 Å². The fourth-order valence-electron chi connectivity index (χ4n) is 0.231. The molecule has 5 heteroatoms. The van der Waals surface area contributed by atoms with Crippen LogP contribution in [-0.4, -0.2) is 12.5 Å². The van der Waals surface area contributed by atoms with E-state index in [2.05, 4.69) is 10.0 Å². The Morgan fingerprint density at radius 1 is 1.88 bits per heavy atom. The molecule has 46 valence electrons. The molecule has 0 amide bonds. The fraction of sp³-hybridized carbons (Fsp3) is 1.00. The number of hydrogen-bond acceptors (Lipinski definition) is 3. The van der Waals surface area contributed by atoms with Gasteiger partial charge < -0.3 is 4.18 Å². The highest BCUT2D eigenvalue weighted by Crippen LogP contribution is 2.02. The summed E-state index contributed by atoms with van der Waals surface area (Å²) in [6, 6.07) is 0. The molecule has 1 unspecified atom stereocenters. The Morgan fingerprint density at radius 2 is 2.50 bits per heavy atom. The summed E-state index contributed by atoms with van der Waals surface area (Å²) >= 11 is 1.18. The Morgan fingerprint density at radius 3 is 2.88 bits per heavy atom. The third-order valence-corrected chi connectivity index (χ3v) is 0.921. The SMILES string of the molecule is CSOC(C)N=[N+]=[N-]. The first-order valence-corrected chi connectivity index (χ1v) is 3.20. The van der Waals surface area contributed by atoms with E-state index in [1.165, 1.54) is 12.0 Å². The molecule has 0 fully saturated rings. The Kier molecular flexibility index (Phi) is 4.54. The van der Waals surface area contributed by atoms with Crippen molar-refractivity contribution >= 4 is 12.0 Å². The van der Waals surface area contributed by atoms with Crippen molar-refractivity contribution in [3.63, 3.8) is 0 Å². The van der Waals surface area contributed by atoms with Crippen molar-refractivity contribution in [1.82, 2.24) is 0 Å². The van der Waals surface area contributed by atoms with Gasteiger partial charge in [0.05, 0.1) is 0 Å². The van der Waals surface area contributed by atoms with Crippen LogP contribution < -0.4 is 0 Å². The summed E-state index contributed by atoms with van der Waals surface area (Å²) in [7, 11) is 0. The average Bonchev–Trinajstić information content (AvgIpc) is 1.68. The van der Waals surface area contributed by atoms with E-state index in [-0.39, 0.29) is 6.23 Å². The molecule has 0 bridgehead atoms. The van der Waals surface area contributed by atoms with E-state index in [1.54, 1.807) is 13.2 Å². The van der Waals surface area contributed by atoms with Crippen molar-refractivity contribution in [2.45, 2.75) is 13.2 Å². The molecular weight excluding hydrogens is 126 g/mol. The third-order valence-electron chi connectivity index (χ3n) is 0.450. The molecule has 0 spiro atoms. The lowest BCUT2D eigenvalue weighted by molar-refractivity contribution is 0.276. The summed E-state index contributed by atoms with van der Waals surface area (Å²) < 4.78 is 4.78. The minimum Gasteiger partial charge on any atom is -0.307 e. The molecule has 0 radical (unpaired) electrons. The lowest BCUT2D eigenvalue weighted by atomic mass is 10.7. The van der Waals surface area contributed by atoms with Gasteiger partial charge in [0.25, 0.3) is 0 Å². The van der Waals surface area contributed by atoms with Crippen LogP contribution in [-0.2, 0) is 4.18 Å². The quantitative estimate of drug-likeness (QED) is 0.255. The second-order valence-corrected chi connectivity index (χ2v) is 1.59. The van der Waals surface area contributed by atoms with Gasteiger partial charge in [0.2, 0.25) is 0 Å². The molecule has 0 saturated carbocycles. The monoisotopic (exact) mass is 133 g/mol. The molecule has 0 heterocycles. The molecule has 0 aliphatic heterocycles. The van der Waals surface area contributed by atoms with Gasteiger partial charge in [-0.25, -0.2) is 0 Å². The van der Waals surface area contributed by atoms with Crippen LogP contribution in [0.4, 0.5) is 0 Å². The molecule has 4 nitrogen and oxygen atoms in total. The highest BCUT2D eigenvalue weighted by Gasteiger charge is 1.92. The zero-order valence-corrected chi connectivity index (χ0v) is 5.55. The second-order valence-electron chi connectivity index (χ2n) is 1.07. The average molecular weight is 133 g/mol. The first-order valence-electron chi connectivity index (χ1n) is 2.05. The van der Waals surface area contributed by atoms with Gasteiger partial charge in [0, 0.05) is 11.2 Å². The van der Waals surface area contributed by atoms with Gasteiger partial charge in [-0.2, -0.15) is 0 Å². The van der Waals surface area contributed by atoms with Crippen LogP contribution >= 0.6 is 12.0 Å². The molecule has 0 rings (SSSR count). The predicted octanol–water partition coefficient (Wildman–Crippen LogP) is 1.94. The molecule has 0 aromatic rings. The zero-order chi connectivity index (χ0) is 6.41. The van der Waals surface area contributed by atoms with Gasteiger partial charge in [0.1, 0.15) is 6.23 Å². The lowest BCUT2D eigenvalue weighted by Gasteiger charge is -1.98. The van der Waals surface area contributed by atoms with E-state index in [4.69, 9.17) is 9.71 Å². The minimum absolute atomic E-state index is 0.366. The summed E-state index contributed by atoms with van der Waals surface area (Å²) in [5.41, 5.74) is 7.83. The zero-order valence-electron chi connectivity index (χ0n) is 4.74. The smallest absolute Gasteiger partial charge is 0.148 e. The summed E-state index contributed by atoms with van der Waals surface area (Å²) in [6.45, 7) is 1.68. The normalized spacial score (nSPS) is 12.2. The molecule has 0 aliphatic carbocycles. The van der Waals surface area contributed by atoms with Crippen molar-refractivity contribution in [1.29, 1.82) is 0 Å². The number of hydrogen-bond donors (Lipinski definition) is 0. The Hall–Kier alpha value is -0.380. The third kappa shape index (κ3) is 3.80. The molecule has 0 aromatic heterocycles. The van der Waals surface area contributed by atoms with Gasteiger partial charge >= 0.3 is 0 Å². The van der Waals surface area contributed by atoms with E-state index >= 15 is 0 Å². The van der Waals surface area contributed by atoms with Gasteiger partial charge in [-0.15, -0.1) is 0 Å². The van der Waals surface area contributed by atoms with Crippen LogP contribution in [0.2, 0.25) is 0 Å². The highest BCUT2D eigenvalue weighted by molar-refractivity contribution is 7.93. The first kappa shape index (κ1) is 7.62. The summed E-state index contributed by atoms with van der Waals surface area (Å²) in [5.74, 6) is 0. The van der Waals surface area contributed by atoms with Crippen LogP contribution in [0.5, 0.6) is 0 Å². The standard InChI is InChI=1S/C3H7N3OS/c1-3(5-6-4)7-8-2/h3H,1-2H3. The van der Waals surface area contributed by atoms with Gasteiger partial charge in [-0.05, 0) is 24.5 Å². The number of rotatable bonds is 3. The summed E-state index contributed by atoms with van der Waals surface area (Å²) in [6.07, 6.45) is 1.40. The molecular formula is C3H7N3OS. The van der Waals surface area contributed by atoms with Crippen molar-refractivity contribution < 1.29 is 4.18 Å². The van der Waals surface area contributed by atoms with E-state index in [0.717, 1.165) is 0 Å². The molecule has 0 saturated heterocycles. The second kappa shape index (κ2) is 4.77. The molecule has 0 aromatic carbocycles. The maximum Gasteiger partial charge on any atom is 0.148 e. The van der Waals surface area contributed by atoms with Crippen molar-refractivity contribution in [3.05, 3.63) is 10.4 Å². The van der Waals surface area contributed by atoms with E-state index in [9.17, 15) is 0 Å². The van der Waals surface area contributed by atoms with Crippen LogP contribution in [0, 0.1) is 0 Å². The van der Waals surface area contributed by atoms with Crippen LogP contribution in [0.3, 0.4) is 0 Å². The Balaban J connectivity index is 3.31. The summed E-state index contributed by atoms with van der Waals surface area (Å²) in [4.78, 5) is 2.54. The highest BCUT2D eigenvalue weighted by atomic mass is 32.2. The van der Waals surface area contributed by atoms with Crippen molar-refractivity contribution in [2.75, 3.05) is 6.26 Å². The maximum atomic E-state index is 7.83. The number of nitrogens with zero attached hydrogens (tertiary/aromatic N) is 3. The predicted molar refractivity (Wildman–Crippen MR) is 33.2 cm³/mol. The Labute approximate surface area is 52.0 Å². The number of azide groups is 1. The van der Waals surface area contributed by atoms with E-state index < -0.39 is 0 Å². The van der Waals surface area contributed by atoms with E-state index in [1.807, 2.05) is 0 Å². The largest absolute Gasteiger partial charge is 0.307 e. The topological polar surface area (TPSA) is 58.0 Å². The van der Waals surface area contributed by atoms with Gasteiger partial charge in [-0.1, -0.05) is 5.11 Å². The molecule has 0 aliphatic rings. The lowest BCUT2D eigenvalue weighted by Crippen LogP contribution is -1.94. The van der Waals surface area contributed by atoms with Crippen LogP contribution in [0.15, 0.2) is 5.11 Å². The first-order chi connectivity index (χ1) is 3.81. The van der Waals surface area contributed by atoms with Crippen molar-refractivity contribution in [2.24, 2.45) is 5.11 Å². The molecule has 8 heavy (non-hydrogen) atoms. The molecule has 0 N–H and O–H groups in total. The summed E-state index contributed by atoms with van der Waals surface area (Å²) in [5, 5.41) is 3.25. The van der Waals surface area contributed by atoms with Crippen molar-refractivity contribution in [3.8, 4) is 0 Å². The van der Waals surface area contributed by atoms with Gasteiger partial charge in [0.15, 0.2) is 0 Å². The minimum atomic E-state index is -0.366. The Bertz CT molecular complexity index is 101. The van der Waals surface area contributed by atoms with Gasteiger partial charge in [-0.3, -0.25) is 0 Å². The van der Waals surface area contributed by atoms with Crippen LogP contribution in [0.1, 0.15) is 6.92 Å². The fourth-order valence-corrected chi connectivity index (χ4v) is 0.548. The van der Waals surface area contributed by atoms with E-state index in [0.29, 0.717) is 0 Å². The maximum absolute atomic E-state index is 7.83. The molecule has 1 atom stereocenters.